The van der Waals surface area contributed by atoms with Gasteiger partial charge in [-0.25, -0.2) is 4.98 Å². The number of imidazole rings is 1. The molecule has 2 aromatic heterocycles. The minimum atomic E-state index is 0.744. The molecule has 4 aromatic rings. The molecule has 25 heavy (non-hydrogen) atoms. The highest BCUT2D eigenvalue weighted by molar-refractivity contribution is 6.30. The molecule has 0 amide bonds. The van der Waals surface area contributed by atoms with E-state index in [9.17, 15) is 0 Å². The fourth-order valence-electron chi connectivity index (χ4n) is 3.14. The molecule has 0 saturated carbocycles. The minimum absolute atomic E-state index is 0.744. The van der Waals surface area contributed by atoms with Gasteiger partial charge in [0.2, 0.25) is 0 Å². The Labute approximate surface area is 152 Å². The van der Waals surface area contributed by atoms with Crippen molar-refractivity contribution < 1.29 is 0 Å². The molecule has 0 aliphatic heterocycles. The van der Waals surface area contributed by atoms with Gasteiger partial charge in [-0.3, -0.25) is 0 Å². The summed E-state index contributed by atoms with van der Waals surface area (Å²) in [5, 5.41) is 0.744. The second kappa shape index (κ2) is 6.61. The highest BCUT2D eigenvalue weighted by atomic mass is 35.5. The molecule has 0 spiro atoms. The second-order valence-electron chi connectivity index (χ2n) is 6.05. The molecule has 2 heterocycles. The largest absolute Gasteiger partial charge is 0.333 e. The van der Waals surface area contributed by atoms with Crippen molar-refractivity contribution in [3.05, 3.63) is 95.7 Å². The number of aromatic nitrogens is 3. The minimum Gasteiger partial charge on any atom is -0.333 e. The van der Waals surface area contributed by atoms with Crippen LogP contribution >= 0.6 is 11.6 Å². The quantitative estimate of drug-likeness (QED) is 0.488. The normalized spacial score (nSPS) is 11.0. The van der Waals surface area contributed by atoms with E-state index in [-0.39, 0.29) is 0 Å². The summed E-state index contributed by atoms with van der Waals surface area (Å²) in [6.07, 6.45) is 5.64. The lowest BCUT2D eigenvalue weighted by atomic mass is 10.1. The molecule has 0 aliphatic carbocycles. The number of benzene rings is 2. The van der Waals surface area contributed by atoms with Gasteiger partial charge in [0.25, 0.3) is 0 Å². The smallest absolute Gasteiger partial charge is 0.0949 e. The maximum atomic E-state index is 6.08. The third-order valence-electron chi connectivity index (χ3n) is 4.42. The number of halogens is 1. The SMILES string of the molecule is Cc1c(Cn2ccnc2)cc(-c2ccccc2)n1-c1ccc(Cl)cc1. The lowest BCUT2D eigenvalue weighted by molar-refractivity contribution is 0.788. The van der Waals surface area contributed by atoms with Crippen molar-refractivity contribution in [3.63, 3.8) is 0 Å². The summed E-state index contributed by atoms with van der Waals surface area (Å²) >= 11 is 6.08. The first-order valence-electron chi connectivity index (χ1n) is 8.21. The zero-order chi connectivity index (χ0) is 17.2. The molecule has 0 bridgehead atoms. The molecule has 0 N–H and O–H groups in total. The van der Waals surface area contributed by atoms with E-state index in [0.717, 1.165) is 17.3 Å². The number of nitrogens with zero attached hydrogens (tertiary/aromatic N) is 3. The van der Waals surface area contributed by atoms with Crippen LogP contribution in [0.3, 0.4) is 0 Å². The first-order valence-corrected chi connectivity index (χ1v) is 8.58. The molecule has 0 fully saturated rings. The molecular formula is C21H18ClN3. The zero-order valence-corrected chi connectivity index (χ0v) is 14.7. The van der Waals surface area contributed by atoms with Crippen LogP contribution < -0.4 is 0 Å². The van der Waals surface area contributed by atoms with Gasteiger partial charge in [0.05, 0.1) is 18.6 Å². The van der Waals surface area contributed by atoms with Crippen molar-refractivity contribution >= 4 is 11.6 Å². The zero-order valence-electron chi connectivity index (χ0n) is 13.9. The molecule has 4 rings (SSSR count). The Morgan fingerprint density at radius 2 is 1.76 bits per heavy atom. The van der Waals surface area contributed by atoms with Crippen molar-refractivity contribution in [3.8, 4) is 16.9 Å². The topological polar surface area (TPSA) is 22.8 Å². The average Bonchev–Trinajstić information content (AvgIpc) is 3.26. The van der Waals surface area contributed by atoms with Crippen LogP contribution in [-0.2, 0) is 6.54 Å². The maximum absolute atomic E-state index is 6.08. The molecular weight excluding hydrogens is 330 g/mol. The van der Waals surface area contributed by atoms with Gasteiger partial charge in [0, 0.05) is 28.8 Å². The average molecular weight is 348 g/mol. The Morgan fingerprint density at radius 1 is 1.00 bits per heavy atom. The lowest BCUT2D eigenvalue weighted by Crippen LogP contribution is -2.01. The summed E-state index contributed by atoms with van der Waals surface area (Å²) in [6.45, 7) is 2.96. The van der Waals surface area contributed by atoms with Gasteiger partial charge in [-0.1, -0.05) is 41.9 Å². The van der Waals surface area contributed by atoms with Gasteiger partial charge in [-0.15, -0.1) is 0 Å². The molecule has 0 radical (unpaired) electrons. The molecule has 2 aromatic carbocycles. The molecule has 4 heteroatoms. The van der Waals surface area contributed by atoms with Gasteiger partial charge in [0.1, 0.15) is 0 Å². The van der Waals surface area contributed by atoms with Crippen molar-refractivity contribution in [2.24, 2.45) is 0 Å². The van der Waals surface area contributed by atoms with E-state index >= 15 is 0 Å². The van der Waals surface area contributed by atoms with Crippen LogP contribution in [0, 0.1) is 6.92 Å². The van der Waals surface area contributed by atoms with E-state index in [1.165, 1.54) is 22.5 Å². The van der Waals surface area contributed by atoms with Gasteiger partial charge in [-0.2, -0.15) is 0 Å². The van der Waals surface area contributed by atoms with Crippen LogP contribution in [-0.4, -0.2) is 14.1 Å². The Morgan fingerprint density at radius 3 is 2.44 bits per heavy atom. The van der Waals surface area contributed by atoms with E-state index in [0.29, 0.717) is 0 Å². The van der Waals surface area contributed by atoms with Crippen LogP contribution in [0.1, 0.15) is 11.3 Å². The van der Waals surface area contributed by atoms with Gasteiger partial charge in [0.15, 0.2) is 0 Å². The van der Waals surface area contributed by atoms with Crippen molar-refractivity contribution in [1.82, 2.24) is 14.1 Å². The monoisotopic (exact) mass is 347 g/mol. The Kier molecular flexibility index (Phi) is 4.16. The van der Waals surface area contributed by atoms with Crippen LogP contribution in [0.25, 0.3) is 16.9 Å². The molecule has 0 saturated heterocycles. The van der Waals surface area contributed by atoms with Crippen molar-refractivity contribution in [2.45, 2.75) is 13.5 Å². The maximum Gasteiger partial charge on any atom is 0.0949 e. The third-order valence-corrected chi connectivity index (χ3v) is 4.67. The highest BCUT2D eigenvalue weighted by Crippen LogP contribution is 2.30. The number of hydrogen-bond donors (Lipinski definition) is 0. The summed E-state index contributed by atoms with van der Waals surface area (Å²) in [4.78, 5) is 4.14. The van der Waals surface area contributed by atoms with Crippen LogP contribution in [0.5, 0.6) is 0 Å². The Balaban J connectivity index is 1.87. The predicted molar refractivity (Wildman–Crippen MR) is 102 cm³/mol. The number of rotatable bonds is 4. The highest BCUT2D eigenvalue weighted by Gasteiger charge is 2.15. The summed E-state index contributed by atoms with van der Waals surface area (Å²) in [5.74, 6) is 0. The molecule has 0 aliphatic rings. The first kappa shape index (κ1) is 15.7. The fraction of sp³-hybridized carbons (Fsp3) is 0.0952. The van der Waals surface area contributed by atoms with Crippen LogP contribution in [0.4, 0.5) is 0 Å². The van der Waals surface area contributed by atoms with E-state index < -0.39 is 0 Å². The molecule has 124 valence electrons. The predicted octanol–water partition coefficient (Wildman–Crippen LogP) is 5.35. The van der Waals surface area contributed by atoms with Crippen LogP contribution in [0.2, 0.25) is 5.02 Å². The van der Waals surface area contributed by atoms with Gasteiger partial charge in [-0.05, 0) is 48.4 Å². The van der Waals surface area contributed by atoms with E-state index in [1.54, 1.807) is 0 Å². The Hall–Kier alpha value is -2.78. The Bertz CT molecular complexity index is 968. The summed E-state index contributed by atoms with van der Waals surface area (Å²) in [5.41, 5.74) is 5.97. The molecule has 0 atom stereocenters. The standard InChI is InChI=1S/C21H18ClN3/c1-16-18(14-24-12-11-23-15-24)13-21(17-5-3-2-4-6-17)25(16)20-9-7-19(22)8-10-20/h2-13,15H,14H2,1H3. The van der Waals surface area contributed by atoms with Gasteiger partial charge < -0.3 is 9.13 Å². The van der Waals surface area contributed by atoms with E-state index in [1.807, 2.05) is 36.9 Å². The molecule has 0 unspecified atom stereocenters. The first-order chi connectivity index (χ1) is 12.2. The van der Waals surface area contributed by atoms with Crippen molar-refractivity contribution in [1.29, 1.82) is 0 Å². The second-order valence-corrected chi connectivity index (χ2v) is 6.49. The summed E-state index contributed by atoms with van der Waals surface area (Å²) in [6, 6.07) is 20.7. The van der Waals surface area contributed by atoms with Gasteiger partial charge >= 0.3 is 0 Å². The fourth-order valence-corrected chi connectivity index (χ4v) is 3.27. The van der Waals surface area contributed by atoms with Crippen molar-refractivity contribution in [2.75, 3.05) is 0 Å². The van der Waals surface area contributed by atoms with E-state index in [4.69, 9.17) is 11.6 Å². The van der Waals surface area contributed by atoms with Crippen LogP contribution in [0.15, 0.2) is 79.4 Å². The third kappa shape index (κ3) is 3.11. The summed E-state index contributed by atoms with van der Waals surface area (Å²) < 4.78 is 4.38. The molecule has 3 nitrogen and oxygen atoms in total. The van der Waals surface area contributed by atoms with E-state index in [2.05, 4.69) is 63.5 Å². The lowest BCUT2D eigenvalue weighted by Gasteiger charge is -2.13. The number of hydrogen-bond acceptors (Lipinski definition) is 1. The summed E-state index contributed by atoms with van der Waals surface area (Å²) in [7, 11) is 0.